The summed E-state index contributed by atoms with van der Waals surface area (Å²) >= 11 is 0. The van der Waals surface area contributed by atoms with E-state index in [1.807, 2.05) is 36.4 Å². The van der Waals surface area contributed by atoms with Crippen LogP contribution in [0.3, 0.4) is 0 Å². The molecule has 1 N–H and O–H groups in total. The van der Waals surface area contributed by atoms with Gasteiger partial charge >= 0.3 is 0 Å². The van der Waals surface area contributed by atoms with Crippen molar-refractivity contribution in [3.05, 3.63) is 70.0 Å². The monoisotopic (exact) mass is 216 g/mol. The molecule has 0 radical (unpaired) electrons. The molecule has 1 heterocycles. The summed E-state index contributed by atoms with van der Waals surface area (Å²) in [7, 11) is 0. The van der Waals surface area contributed by atoms with Crippen molar-refractivity contribution in [3.8, 4) is 0 Å². The first-order valence-electron chi connectivity index (χ1n) is 5.07. The van der Waals surface area contributed by atoms with Crippen molar-refractivity contribution < 1.29 is 4.92 Å². The maximum atomic E-state index is 10.7. The molecule has 1 aromatic carbocycles. The average Bonchev–Trinajstić information content (AvgIpc) is 2.80. The van der Waals surface area contributed by atoms with Crippen LogP contribution in [0.2, 0.25) is 0 Å². The lowest BCUT2D eigenvalue weighted by molar-refractivity contribution is -0.481. The van der Waals surface area contributed by atoms with Gasteiger partial charge in [-0.2, -0.15) is 0 Å². The van der Waals surface area contributed by atoms with Crippen LogP contribution in [-0.4, -0.2) is 16.5 Å². The Labute approximate surface area is 93.1 Å². The Morgan fingerprint density at radius 1 is 1.19 bits per heavy atom. The second kappa shape index (κ2) is 4.61. The number of H-pyrrole nitrogens is 1. The topological polar surface area (TPSA) is 58.9 Å². The molecular weight excluding hydrogens is 204 g/mol. The van der Waals surface area contributed by atoms with Crippen molar-refractivity contribution in [2.45, 2.75) is 5.92 Å². The van der Waals surface area contributed by atoms with E-state index in [1.54, 1.807) is 12.4 Å². The Balaban J connectivity index is 2.32. The number of aromatic amines is 1. The highest BCUT2D eigenvalue weighted by molar-refractivity contribution is 5.30. The SMILES string of the molecule is O=[N+]([O-])CC(c1ccccc1)c1cc[nH]c1. The maximum Gasteiger partial charge on any atom is 0.214 e. The molecule has 1 aromatic heterocycles. The maximum absolute atomic E-state index is 10.7. The van der Waals surface area contributed by atoms with E-state index in [9.17, 15) is 10.1 Å². The molecule has 2 aromatic rings. The Morgan fingerprint density at radius 2 is 1.94 bits per heavy atom. The molecule has 0 amide bonds. The van der Waals surface area contributed by atoms with Gasteiger partial charge in [-0.25, -0.2) is 0 Å². The van der Waals surface area contributed by atoms with Crippen LogP contribution in [0.4, 0.5) is 0 Å². The Hall–Kier alpha value is -2.10. The van der Waals surface area contributed by atoms with Crippen molar-refractivity contribution in [1.82, 2.24) is 4.98 Å². The van der Waals surface area contributed by atoms with Gasteiger partial charge in [0.1, 0.15) is 0 Å². The van der Waals surface area contributed by atoms with E-state index in [-0.39, 0.29) is 17.4 Å². The van der Waals surface area contributed by atoms with E-state index in [1.165, 1.54) is 0 Å². The van der Waals surface area contributed by atoms with Gasteiger partial charge in [0.25, 0.3) is 0 Å². The highest BCUT2D eigenvalue weighted by Crippen LogP contribution is 2.24. The zero-order valence-corrected chi connectivity index (χ0v) is 8.67. The van der Waals surface area contributed by atoms with Crippen molar-refractivity contribution >= 4 is 0 Å². The van der Waals surface area contributed by atoms with Crippen LogP contribution in [0.1, 0.15) is 17.0 Å². The van der Waals surface area contributed by atoms with Crippen LogP contribution in [-0.2, 0) is 0 Å². The van der Waals surface area contributed by atoms with Crippen LogP contribution in [0, 0.1) is 10.1 Å². The molecule has 4 nitrogen and oxygen atoms in total. The molecule has 0 bridgehead atoms. The summed E-state index contributed by atoms with van der Waals surface area (Å²) in [5, 5.41) is 10.7. The predicted molar refractivity (Wildman–Crippen MR) is 60.9 cm³/mol. The molecule has 0 spiro atoms. The quantitative estimate of drug-likeness (QED) is 0.630. The summed E-state index contributed by atoms with van der Waals surface area (Å²) in [5.41, 5.74) is 1.92. The highest BCUT2D eigenvalue weighted by atomic mass is 16.6. The van der Waals surface area contributed by atoms with Crippen LogP contribution in [0.25, 0.3) is 0 Å². The predicted octanol–water partition coefficient (Wildman–Crippen LogP) is 2.42. The first-order chi connectivity index (χ1) is 7.77. The van der Waals surface area contributed by atoms with E-state index in [0.29, 0.717) is 0 Å². The first kappa shape index (κ1) is 10.4. The van der Waals surface area contributed by atoms with E-state index in [0.717, 1.165) is 11.1 Å². The van der Waals surface area contributed by atoms with Crippen molar-refractivity contribution in [3.63, 3.8) is 0 Å². The Morgan fingerprint density at radius 3 is 2.50 bits per heavy atom. The van der Waals surface area contributed by atoms with Gasteiger partial charge in [0.2, 0.25) is 6.54 Å². The van der Waals surface area contributed by atoms with Gasteiger partial charge < -0.3 is 4.98 Å². The average molecular weight is 216 g/mol. The fourth-order valence-corrected chi connectivity index (χ4v) is 1.79. The minimum absolute atomic E-state index is 0.0815. The summed E-state index contributed by atoms with van der Waals surface area (Å²) in [4.78, 5) is 13.3. The molecule has 82 valence electrons. The fraction of sp³-hybridized carbons (Fsp3) is 0.167. The van der Waals surface area contributed by atoms with Gasteiger partial charge in [-0.3, -0.25) is 10.1 Å². The Kier molecular flexibility index (Phi) is 3.00. The molecule has 0 aliphatic carbocycles. The summed E-state index contributed by atoms with van der Waals surface area (Å²) in [6.07, 6.45) is 3.59. The lowest BCUT2D eigenvalue weighted by Crippen LogP contribution is -2.13. The third-order valence-electron chi connectivity index (χ3n) is 2.56. The second-order valence-corrected chi connectivity index (χ2v) is 3.62. The summed E-state index contributed by atoms with van der Waals surface area (Å²) in [5.74, 6) is -0.178. The van der Waals surface area contributed by atoms with E-state index < -0.39 is 0 Å². The van der Waals surface area contributed by atoms with Crippen LogP contribution < -0.4 is 0 Å². The zero-order valence-electron chi connectivity index (χ0n) is 8.67. The standard InChI is InChI=1S/C12H12N2O2/c15-14(16)9-12(11-6-7-13-8-11)10-4-2-1-3-5-10/h1-8,12-13H,9H2. The molecule has 1 atom stereocenters. The van der Waals surface area contributed by atoms with Crippen LogP contribution in [0.5, 0.6) is 0 Å². The summed E-state index contributed by atoms with van der Waals surface area (Å²) in [6, 6.07) is 11.4. The number of rotatable bonds is 4. The van der Waals surface area contributed by atoms with Gasteiger partial charge in [-0.05, 0) is 17.2 Å². The molecule has 16 heavy (non-hydrogen) atoms. The molecule has 4 heteroatoms. The molecule has 0 saturated heterocycles. The Bertz CT molecular complexity index is 451. The molecule has 0 saturated carbocycles. The second-order valence-electron chi connectivity index (χ2n) is 3.62. The molecule has 1 unspecified atom stereocenters. The van der Waals surface area contributed by atoms with Crippen LogP contribution >= 0.6 is 0 Å². The van der Waals surface area contributed by atoms with Crippen LogP contribution in [0.15, 0.2) is 48.8 Å². The third kappa shape index (κ3) is 2.28. The van der Waals surface area contributed by atoms with Gasteiger partial charge in [0.05, 0.1) is 5.92 Å². The summed E-state index contributed by atoms with van der Waals surface area (Å²) in [6.45, 7) is -0.0815. The number of nitrogens with zero attached hydrogens (tertiary/aromatic N) is 1. The normalized spacial score (nSPS) is 12.2. The van der Waals surface area contributed by atoms with Gasteiger partial charge in [-0.15, -0.1) is 0 Å². The number of hydrogen-bond acceptors (Lipinski definition) is 2. The number of aromatic nitrogens is 1. The van der Waals surface area contributed by atoms with Crippen molar-refractivity contribution in [2.75, 3.05) is 6.54 Å². The number of nitro groups is 1. The molecule has 0 aliphatic heterocycles. The van der Waals surface area contributed by atoms with Gasteiger partial charge in [-0.1, -0.05) is 30.3 Å². The first-order valence-corrected chi connectivity index (χ1v) is 5.07. The molecule has 0 fully saturated rings. The van der Waals surface area contributed by atoms with E-state index >= 15 is 0 Å². The molecule has 0 aliphatic rings. The van der Waals surface area contributed by atoms with Gasteiger partial charge in [0.15, 0.2) is 0 Å². The van der Waals surface area contributed by atoms with Crippen molar-refractivity contribution in [1.29, 1.82) is 0 Å². The third-order valence-corrected chi connectivity index (χ3v) is 2.56. The lowest BCUT2D eigenvalue weighted by Gasteiger charge is -2.11. The summed E-state index contributed by atoms with van der Waals surface area (Å²) < 4.78 is 0. The highest BCUT2D eigenvalue weighted by Gasteiger charge is 2.19. The van der Waals surface area contributed by atoms with Gasteiger partial charge in [0, 0.05) is 17.3 Å². The number of nitrogens with one attached hydrogen (secondary N) is 1. The number of benzene rings is 1. The molecular formula is C12H12N2O2. The minimum atomic E-state index is -0.273. The fourth-order valence-electron chi connectivity index (χ4n) is 1.79. The van der Waals surface area contributed by atoms with E-state index in [4.69, 9.17) is 0 Å². The van der Waals surface area contributed by atoms with Crippen molar-refractivity contribution in [2.24, 2.45) is 0 Å². The lowest BCUT2D eigenvalue weighted by atomic mass is 9.93. The number of hydrogen-bond donors (Lipinski definition) is 1. The minimum Gasteiger partial charge on any atom is -0.367 e. The zero-order chi connectivity index (χ0) is 11.4. The smallest absolute Gasteiger partial charge is 0.214 e. The largest absolute Gasteiger partial charge is 0.367 e. The molecule has 2 rings (SSSR count). The van der Waals surface area contributed by atoms with E-state index in [2.05, 4.69) is 4.98 Å².